The molecule has 0 spiro atoms. The number of fused-ring (bicyclic) bond motifs is 5. The Kier molecular flexibility index (Phi) is 9.80. The van der Waals surface area contributed by atoms with Crippen LogP contribution in [0.2, 0.25) is 0 Å². The van der Waals surface area contributed by atoms with E-state index in [1.165, 1.54) is 0 Å². The third-order valence-corrected chi connectivity index (χ3v) is 14.2. The number of hydrogen-bond donors (Lipinski definition) is 8. The molecule has 18 atom stereocenters. The van der Waals surface area contributed by atoms with Crippen molar-refractivity contribution in [3.8, 4) is 0 Å². The van der Waals surface area contributed by atoms with E-state index in [0.717, 1.165) is 56.9 Å². The number of ether oxygens (including phenoxy) is 5. The van der Waals surface area contributed by atoms with Crippen LogP contribution in [-0.2, 0) is 28.5 Å². The van der Waals surface area contributed by atoms with E-state index >= 15 is 0 Å². The average Bonchev–Trinajstić information content (AvgIpc) is 3.63. The number of rotatable bonds is 7. The molecule has 4 aliphatic carbocycles. The fourth-order valence-electron chi connectivity index (χ4n) is 11.2. The number of esters is 1. The summed E-state index contributed by atoms with van der Waals surface area (Å²) in [4.78, 5) is 11.9. The van der Waals surface area contributed by atoms with Crippen LogP contribution in [0.15, 0.2) is 11.6 Å². The molecule has 7 aliphatic rings. The van der Waals surface area contributed by atoms with Crippen LogP contribution in [0.3, 0.4) is 0 Å². The lowest BCUT2D eigenvalue weighted by Gasteiger charge is -2.64. The maximum Gasteiger partial charge on any atom is 0.331 e. The normalized spacial score (nSPS) is 54.4. The smallest absolute Gasteiger partial charge is 0.331 e. The summed E-state index contributed by atoms with van der Waals surface area (Å²) >= 11 is 0. The molecule has 0 aromatic carbocycles. The molecular formula is C35H54O14. The molecule has 3 heterocycles. The van der Waals surface area contributed by atoms with E-state index in [9.17, 15) is 45.6 Å². The molecule has 0 amide bonds. The van der Waals surface area contributed by atoms with Crippen LogP contribution >= 0.6 is 0 Å². The summed E-state index contributed by atoms with van der Waals surface area (Å²) in [7, 11) is 0. The first-order valence-electron chi connectivity index (χ1n) is 18.1. The van der Waals surface area contributed by atoms with Gasteiger partial charge in [0, 0.05) is 11.5 Å². The van der Waals surface area contributed by atoms with Gasteiger partial charge < -0.3 is 64.5 Å². The maximum absolute atomic E-state index is 12.5. The molecule has 0 aromatic rings. The highest BCUT2D eigenvalue weighted by Crippen LogP contribution is 2.70. The van der Waals surface area contributed by atoms with Gasteiger partial charge in [-0.25, -0.2) is 4.79 Å². The SMILES string of the molecule is C[C@]12CC[C@@H](O[C@@H]3OC(CO[C@@H]4OC(CO)[C@@H](O)C(O)C4O)[C@@H](O)C(O)C3O)C[C@H]1CCC1C2CC[C@]2(C)[C@@H](C3=CC(=O)OC3)CC[C@]12O. The van der Waals surface area contributed by atoms with Crippen LogP contribution < -0.4 is 0 Å². The largest absolute Gasteiger partial charge is 0.458 e. The highest BCUT2D eigenvalue weighted by molar-refractivity contribution is 5.85. The van der Waals surface area contributed by atoms with Crippen LogP contribution in [0.1, 0.15) is 71.6 Å². The highest BCUT2D eigenvalue weighted by Gasteiger charge is 2.68. The fourth-order valence-corrected chi connectivity index (χ4v) is 11.2. The lowest BCUT2D eigenvalue weighted by atomic mass is 9.43. The number of carbonyl (C=O) groups is 1. The van der Waals surface area contributed by atoms with E-state index in [4.69, 9.17) is 23.7 Å². The molecule has 2 saturated heterocycles. The van der Waals surface area contributed by atoms with Gasteiger partial charge in [-0.1, -0.05) is 13.8 Å². The van der Waals surface area contributed by atoms with Crippen molar-refractivity contribution < 1.29 is 69.3 Å². The van der Waals surface area contributed by atoms with E-state index in [1.54, 1.807) is 6.08 Å². The minimum atomic E-state index is -1.65. The zero-order valence-corrected chi connectivity index (χ0v) is 28.3. The molecule has 278 valence electrons. The number of aliphatic hydroxyl groups excluding tert-OH is 7. The molecule has 14 heteroatoms. The highest BCUT2D eigenvalue weighted by atomic mass is 16.7. The van der Waals surface area contributed by atoms with E-state index in [2.05, 4.69) is 13.8 Å². The summed E-state index contributed by atoms with van der Waals surface area (Å²) < 4.78 is 28.4. The van der Waals surface area contributed by atoms with E-state index < -0.39 is 80.2 Å². The third-order valence-electron chi connectivity index (χ3n) is 14.2. The van der Waals surface area contributed by atoms with Crippen molar-refractivity contribution in [2.75, 3.05) is 19.8 Å². The quantitative estimate of drug-likeness (QED) is 0.121. The minimum absolute atomic E-state index is 0.00679. The van der Waals surface area contributed by atoms with Gasteiger partial charge in [-0.05, 0) is 92.4 Å². The van der Waals surface area contributed by atoms with Crippen molar-refractivity contribution in [1.82, 2.24) is 0 Å². The van der Waals surface area contributed by atoms with Crippen LogP contribution in [0.5, 0.6) is 0 Å². The summed E-state index contributed by atoms with van der Waals surface area (Å²) in [5, 5.41) is 84.5. The van der Waals surface area contributed by atoms with Crippen molar-refractivity contribution in [2.45, 2.75) is 145 Å². The predicted molar refractivity (Wildman–Crippen MR) is 167 cm³/mol. The Bertz CT molecular complexity index is 1260. The van der Waals surface area contributed by atoms with E-state index in [1.807, 2.05) is 0 Å². The molecule has 0 aromatic heterocycles. The lowest BCUT2D eigenvalue weighted by molar-refractivity contribution is -0.338. The summed E-state index contributed by atoms with van der Waals surface area (Å²) in [5.74, 6) is 0.683. The van der Waals surface area contributed by atoms with Gasteiger partial charge in [0.05, 0.1) is 24.9 Å². The summed E-state index contributed by atoms with van der Waals surface area (Å²) in [6.45, 7) is 3.85. The van der Waals surface area contributed by atoms with Crippen LogP contribution in [0.4, 0.5) is 0 Å². The Balaban J connectivity index is 0.982. The monoisotopic (exact) mass is 698 g/mol. The molecule has 7 rings (SSSR count). The molecule has 4 saturated carbocycles. The number of hydrogen-bond acceptors (Lipinski definition) is 14. The van der Waals surface area contributed by atoms with Gasteiger partial charge in [-0.2, -0.15) is 0 Å². The van der Waals surface area contributed by atoms with Crippen LogP contribution in [0, 0.1) is 34.5 Å². The van der Waals surface area contributed by atoms with Gasteiger partial charge in [0.1, 0.15) is 55.4 Å². The van der Waals surface area contributed by atoms with Crippen LogP contribution in [0.25, 0.3) is 0 Å². The number of aliphatic hydroxyl groups is 8. The van der Waals surface area contributed by atoms with Crippen molar-refractivity contribution in [3.05, 3.63) is 11.6 Å². The second-order valence-corrected chi connectivity index (χ2v) is 16.4. The van der Waals surface area contributed by atoms with Gasteiger partial charge in [-0.3, -0.25) is 0 Å². The Morgan fingerprint density at radius 1 is 0.796 bits per heavy atom. The average molecular weight is 699 g/mol. The molecule has 8 unspecified atom stereocenters. The van der Waals surface area contributed by atoms with Crippen molar-refractivity contribution >= 4 is 5.97 Å². The first kappa shape index (κ1) is 36.1. The number of cyclic esters (lactones) is 1. The van der Waals surface area contributed by atoms with Crippen molar-refractivity contribution in [3.63, 3.8) is 0 Å². The summed E-state index contributed by atoms with van der Waals surface area (Å²) in [5.41, 5.74) is -0.0991. The van der Waals surface area contributed by atoms with E-state index in [-0.39, 0.29) is 34.7 Å². The van der Waals surface area contributed by atoms with Gasteiger partial charge in [0.2, 0.25) is 0 Å². The zero-order valence-electron chi connectivity index (χ0n) is 28.3. The fraction of sp³-hybridized carbons (Fsp3) is 0.914. The van der Waals surface area contributed by atoms with Crippen molar-refractivity contribution in [2.24, 2.45) is 34.5 Å². The Hall–Kier alpha value is -1.27. The molecule has 0 bridgehead atoms. The second kappa shape index (κ2) is 13.3. The Morgan fingerprint density at radius 2 is 1.49 bits per heavy atom. The third kappa shape index (κ3) is 5.82. The lowest BCUT2D eigenvalue weighted by Crippen LogP contribution is -2.63. The maximum atomic E-state index is 12.5. The molecule has 8 N–H and O–H groups in total. The van der Waals surface area contributed by atoms with Crippen molar-refractivity contribution in [1.29, 1.82) is 0 Å². The van der Waals surface area contributed by atoms with Gasteiger partial charge in [-0.15, -0.1) is 0 Å². The molecule has 3 aliphatic heterocycles. The van der Waals surface area contributed by atoms with Crippen LogP contribution in [-0.4, -0.2) is 140 Å². The first-order chi connectivity index (χ1) is 23.2. The first-order valence-corrected chi connectivity index (χ1v) is 18.1. The number of carbonyl (C=O) groups excluding carboxylic acids is 1. The Labute approximate surface area is 285 Å². The summed E-state index contributed by atoms with van der Waals surface area (Å²) in [6, 6.07) is 0. The Morgan fingerprint density at radius 3 is 2.18 bits per heavy atom. The topological polar surface area (TPSA) is 225 Å². The zero-order chi connectivity index (χ0) is 35.0. The molecule has 49 heavy (non-hydrogen) atoms. The molecule has 14 nitrogen and oxygen atoms in total. The standard InChI is InChI=1S/C35H54O14/c1-33-8-5-18(47-32-30(43)28(41)26(39)23(49-32)15-46-31-29(42)27(40)25(38)22(13-36)48-31)12-17(33)3-4-21-20(33)6-9-34(2)19(7-10-35(21,34)44)16-11-24(37)45-14-16/h11,17-23,25-32,36,38-44H,3-10,12-15H2,1-2H3/t17-,18-,19-,20?,21?,22?,23?,25-,26-,27?,28?,29?,30?,31-,32-,33+,34-,35+/m1/s1. The molecule has 0 radical (unpaired) electrons. The second-order valence-electron chi connectivity index (χ2n) is 16.4. The summed E-state index contributed by atoms with van der Waals surface area (Å²) in [6.07, 6.45) is -5.68. The van der Waals surface area contributed by atoms with Gasteiger partial charge >= 0.3 is 5.97 Å². The molecular weight excluding hydrogens is 644 g/mol. The molecule has 6 fully saturated rings. The minimum Gasteiger partial charge on any atom is -0.458 e. The predicted octanol–water partition coefficient (Wildman–Crippen LogP) is -0.747. The van der Waals surface area contributed by atoms with E-state index in [0.29, 0.717) is 24.9 Å². The van der Waals surface area contributed by atoms with Gasteiger partial charge in [0.25, 0.3) is 0 Å². The van der Waals surface area contributed by atoms with Gasteiger partial charge in [0.15, 0.2) is 12.6 Å².